The number of ketones is 1. The summed E-state index contributed by atoms with van der Waals surface area (Å²) in [6.45, 7) is 5.18. The highest BCUT2D eigenvalue weighted by atomic mass is 32.1. The highest BCUT2D eigenvalue weighted by Crippen LogP contribution is 2.18. The molecular weight excluding hydrogens is 344 g/mol. The van der Waals surface area contributed by atoms with Gasteiger partial charge < -0.3 is 14.5 Å². The van der Waals surface area contributed by atoms with Crippen LogP contribution in [0.3, 0.4) is 0 Å². The molecule has 0 aliphatic rings. The number of nitrogens with zero attached hydrogens (tertiary/aromatic N) is 1. The Balaban J connectivity index is 2.59. The lowest BCUT2D eigenvalue weighted by Crippen LogP contribution is -2.25. The van der Waals surface area contributed by atoms with Crippen LogP contribution in [0.4, 0.5) is 0 Å². The Labute approximate surface area is 149 Å². The van der Waals surface area contributed by atoms with Gasteiger partial charge in [0, 0.05) is 6.20 Å². The highest BCUT2D eigenvalue weighted by molar-refractivity contribution is 7.71. The molecule has 0 spiro atoms. The minimum absolute atomic E-state index is 0.0203. The van der Waals surface area contributed by atoms with Gasteiger partial charge in [0.1, 0.15) is 5.57 Å². The van der Waals surface area contributed by atoms with Crippen molar-refractivity contribution in [2.24, 2.45) is 0 Å². The van der Waals surface area contributed by atoms with Crippen molar-refractivity contribution in [2.45, 2.75) is 20.8 Å². The van der Waals surface area contributed by atoms with Gasteiger partial charge in [0.25, 0.3) is 5.78 Å². The SMILES string of the molecule is CCOC(=O)C(=O)C(=Cn1c(=S)[nH]c2cc(C)ccc21)C(=O)OCC. The molecule has 0 aliphatic carbocycles. The number of H-pyrrole nitrogens is 1. The number of Topliss-reactive ketones (excluding diaryl/α,β-unsaturated/α-hetero) is 1. The largest absolute Gasteiger partial charge is 0.462 e. The summed E-state index contributed by atoms with van der Waals surface area (Å²) in [6, 6.07) is 5.55. The average molecular weight is 362 g/mol. The van der Waals surface area contributed by atoms with E-state index in [1.165, 1.54) is 10.8 Å². The van der Waals surface area contributed by atoms with Gasteiger partial charge in [-0.1, -0.05) is 6.07 Å². The third-order valence-electron chi connectivity index (χ3n) is 3.33. The number of aromatic amines is 1. The molecule has 0 aliphatic heterocycles. The molecule has 0 radical (unpaired) electrons. The van der Waals surface area contributed by atoms with Gasteiger partial charge in [0.2, 0.25) is 0 Å². The van der Waals surface area contributed by atoms with E-state index in [-0.39, 0.29) is 18.0 Å². The zero-order valence-corrected chi connectivity index (χ0v) is 14.9. The Morgan fingerprint density at radius 1 is 1.16 bits per heavy atom. The number of imidazole rings is 1. The van der Waals surface area contributed by atoms with Crippen molar-refractivity contribution in [1.82, 2.24) is 9.55 Å². The fourth-order valence-electron chi connectivity index (χ4n) is 2.22. The fourth-order valence-corrected chi connectivity index (χ4v) is 2.48. The van der Waals surface area contributed by atoms with Crippen molar-refractivity contribution in [1.29, 1.82) is 0 Å². The molecule has 132 valence electrons. The molecular formula is C17H18N2O5S. The lowest BCUT2D eigenvalue weighted by atomic mass is 10.2. The van der Waals surface area contributed by atoms with E-state index < -0.39 is 23.3 Å². The molecule has 0 saturated carbocycles. The van der Waals surface area contributed by atoms with Crippen molar-refractivity contribution < 1.29 is 23.9 Å². The Bertz CT molecular complexity index is 923. The molecule has 0 amide bonds. The van der Waals surface area contributed by atoms with Crippen molar-refractivity contribution >= 4 is 47.2 Å². The number of fused-ring (bicyclic) bond motifs is 1. The second-order valence-electron chi connectivity index (χ2n) is 5.13. The first kappa shape index (κ1) is 18.6. The summed E-state index contributed by atoms with van der Waals surface area (Å²) in [6.07, 6.45) is 1.20. The quantitative estimate of drug-likeness (QED) is 0.212. The number of nitrogens with one attached hydrogen (secondary N) is 1. The van der Waals surface area contributed by atoms with Gasteiger partial charge in [-0.15, -0.1) is 0 Å². The van der Waals surface area contributed by atoms with Gasteiger partial charge in [0.05, 0.1) is 24.2 Å². The molecule has 7 nitrogen and oxygen atoms in total. The molecule has 0 bridgehead atoms. The number of hydrogen-bond donors (Lipinski definition) is 1. The van der Waals surface area contributed by atoms with E-state index in [9.17, 15) is 14.4 Å². The number of esters is 2. The normalized spacial score (nSPS) is 11.4. The number of carbonyl (C=O) groups is 3. The number of aromatic nitrogens is 2. The second kappa shape index (κ2) is 7.89. The Morgan fingerprint density at radius 3 is 2.44 bits per heavy atom. The van der Waals surface area contributed by atoms with Gasteiger partial charge in [-0.25, -0.2) is 9.59 Å². The molecule has 1 aromatic heterocycles. The van der Waals surface area contributed by atoms with Crippen molar-refractivity contribution in [2.75, 3.05) is 13.2 Å². The zero-order chi connectivity index (χ0) is 18.6. The summed E-state index contributed by atoms with van der Waals surface area (Å²) in [4.78, 5) is 39.2. The molecule has 0 saturated heterocycles. The molecule has 2 aromatic rings. The maximum absolute atomic E-state index is 12.3. The molecule has 0 fully saturated rings. The van der Waals surface area contributed by atoms with Crippen molar-refractivity contribution in [3.63, 3.8) is 0 Å². The third kappa shape index (κ3) is 4.03. The van der Waals surface area contributed by atoms with Gasteiger partial charge in [-0.2, -0.15) is 0 Å². The van der Waals surface area contributed by atoms with E-state index in [1.807, 2.05) is 19.1 Å². The van der Waals surface area contributed by atoms with E-state index in [2.05, 4.69) is 9.72 Å². The molecule has 1 aromatic carbocycles. The van der Waals surface area contributed by atoms with E-state index >= 15 is 0 Å². The summed E-state index contributed by atoms with van der Waals surface area (Å²) in [5.74, 6) is -3.11. The van der Waals surface area contributed by atoms with Crippen LogP contribution in [0.2, 0.25) is 0 Å². The molecule has 2 rings (SSSR count). The third-order valence-corrected chi connectivity index (χ3v) is 3.63. The molecule has 0 atom stereocenters. The van der Waals surface area contributed by atoms with Crippen LogP contribution in [0, 0.1) is 11.7 Å². The molecule has 1 N–H and O–H groups in total. The van der Waals surface area contributed by atoms with E-state index in [4.69, 9.17) is 17.0 Å². The number of rotatable bonds is 6. The second-order valence-corrected chi connectivity index (χ2v) is 5.52. The van der Waals surface area contributed by atoms with Crippen LogP contribution < -0.4 is 0 Å². The van der Waals surface area contributed by atoms with E-state index in [0.717, 1.165) is 11.1 Å². The van der Waals surface area contributed by atoms with E-state index in [1.54, 1.807) is 19.9 Å². The predicted molar refractivity (Wildman–Crippen MR) is 94.4 cm³/mol. The molecule has 8 heteroatoms. The summed E-state index contributed by atoms with van der Waals surface area (Å²) in [7, 11) is 0. The number of carbonyl (C=O) groups excluding carboxylic acids is 3. The maximum Gasteiger partial charge on any atom is 0.380 e. The predicted octanol–water partition coefficient (Wildman–Crippen LogP) is 2.54. The van der Waals surface area contributed by atoms with E-state index in [0.29, 0.717) is 5.52 Å². The van der Waals surface area contributed by atoms with Crippen LogP contribution in [0.15, 0.2) is 23.8 Å². The molecule has 0 unspecified atom stereocenters. The number of benzene rings is 1. The lowest BCUT2D eigenvalue weighted by Gasteiger charge is -2.07. The minimum atomic E-state index is -1.12. The van der Waals surface area contributed by atoms with Crippen LogP contribution in [0.25, 0.3) is 17.2 Å². The monoisotopic (exact) mass is 362 g/mol. The number of ether oxygens (including phenoxy) is 2. The van der Waals surface area contributed by atoms with Gasteiger partial charge in [-0.3, -0.25) is 9.36 Å². The first-order valence-corrected chi connectivity index (χ1v) is 8.11. The average Bonchev–Trinajstić information content (AvgIpc) is 2.86. The van der Waals surface area contributed by atoms with Crippen LogP contribution in [-0.2, 0) is 23.9 Å². The topological polar surface area (TPSA) is 90.4 Å². The summed E-state index contributed by atoms with van der Waals surface area (Å²) in [5, 5.41) is 0. The van der Waals surface area contributed by atoms with Crippen LogP contribution in [0.5, 0.6) is 0 Å². The summed E-state index contributed by atoms with van der Waals surface area (Å²) >= 11 is 5.25. The molecule has 25 heavy (non-hydrogen) atoms. The summed E-state index contributed by atoms with van der Waals surface area (Å²) in [5.41, 5.74) is 1.98. The highest BCUT2D eigenvalue weighted by Gasteiger charge is 2.28. The fraction of sp³-hybridized carbons (Fsp3) is 0.294. The Kier molecular flexibility index (Phi) is 5.87. The van der Waals surface area contributed by atoms with Gasteiger partial charge in [0.15, 0.2) is 4.77 Å². The minimum Gasteiger partial charge on any atom is -0.462 e. The first-order chi connectivity index (χ1) is 11.9. The van der Waals surface area contributed by atoms with Crippen LogP contribution >= 0.6 is 12.2 Å². The van der Waals surface area contributed by atoms with Crippen LogP contribution in [-0.4, -0.2) is 40.5 Å². The van der Waals surface area contributed by atoms with Gasteiger partial charge >= 0.3 is 11.9 Å². The Morgan fingerprint density at radius 2 is 1.80 bits per heavy atom. The van der Waals surface area contributed by atoms with Crippen LogP contribution in [0.1, 0.15) is 19.4 Å². The van der Waals surface area contributed by atoms with Crippen molar-refractivity contribution in [3.05, 3.63) is 34.1 Å². The standard InChI is InChI=1S/C17H18N2O5S/c1-4-23-15(21)11(14(20)16(22)24-5-2)9-19-13-7-6-10(3)8-12(13)18-17(19)25/h6-9H,4-5H2,1-3H3,(H,18,25). The maximum atomic E-state index is 12.3. The summed E-state index contributed by atoms with van der Waals surface area (Å²) < 4.78 is 11.3. The molecule has 1 heterocycles. The number of aryl methyl sites for hydroxylation is 1. The zero-order valence-electron chi connectivity index (χ0n) is 14.1. The smallest absolute Gasteiger partial charge is 0.380 e. The lowest BCUT2D eigenvalue weighted by molar-refractivity contribution is -0.153. The first-order valence-electron chi connectivity index (χ1n) is 7.70. The Hall–Kier alpha value is -2.74. The number of hydrogen-bond acceptors (Lipinski definition) is 6. The van der Waals surface area contributed by atoms with Crippen molar-refractivity contribution in [3.8, 4) is 0 Å². The van der Waals surface area contributed by atoms with Gasteiger partial charge in [-0.05, 0) is 50.7 Å².